The first-order valence-electron chi connectivity index (χ1n) is 10.1. The summed E-state index contributed by atoms with van der Waals surface area (Å²) in [6.07, 6.45) is 0.628. The van der Waals surface area contributed by atoms with Gasteiger partial charge in [-0.25, -0.2) is 13.9 Å². The SMILES string of the molecule is CC(=O)NCCc1ccc(C(=O)COC(=O)c2cc3c(C)nn(-c4ccc(F)cc4)c3s2)s1. The van der Waals surface area contributed by atoms with Crippen molar-refractivity contribution in [3.8, 4) is 5.69 Å². The second-order valence-corrected chi connectivity index (χ2v) is 9.50. The number of esters is 1. The van der Waals surface area contributed by atoms with Crippen LogP contribution in [0.15, 0.2) is 42.5 Å². The molecule has 1 N–H and O–H groups in total. The van der Waals surface area contributed by atoms with Crippen LogP contribution in [0.2, 0.25) is 0 Å². The molecule has 3 aromatic heterocycles. The van der Waals surface area contributed by atoms with Crippen LogP contribution in [0, 0.1) is 12.7 Å². The molecule has 4 rings (SSSR count). The number of hydrogen-bond acceptors (Lipinski definition) is 7. The highest BCUT2D eigenvalue weighted by Crippen LogP contribution is 2.31. The van der Waals surface area contributed by atoms with Crippen molar-refractivity contribution in [2.75, 3.05) is 13.2 Å². The minimum atomic E-state index is -0.586. The van der Waals surface area contributed by atoms with Crippen LogP contribution in [0.1, 0.15) is 36.8 Å². The summed E-state index contributed by atoms with van der Waals surface area (Å²) in [5.41, 5.74) is 1.41. The van der Waals surface area contributed by atoms with Crippen LogP contribution < -0.4 is 5.32 Å². The molecule has 4 aromatic rings. The maximum atomic E-state index is 13.3. The number of hydrogen-bond donors (Lipinski definition) is 1. The van der Waals surface area contributed by atoms with Crippen molar-refractivity contribution in [1.82, 2.24) is 15.1 Å². The van der Waals surface area contributed by atoms with Crippen molar-refractivity contribution in [2.24, 2.45) is 0 Å². The molecule has 0 spiro atoms. The average molecular weight is 486 g/mol. The maximum absolute atomic E-state index is 13.3. The monoisotopic (exact) mass is 485 g/mol. The van der Waals surface area contributed by atoms with Crippen molar-refractivity contribution in [3.05, 3.63) is 68.6 Å². The van der Waals surface area contributed by atoms with Crippen LogP contribution in [0.5, 0.6) is 0 Å². The first-order chi connectivity index (χ1) is 15.8. The number of amides is 1. The van der Waals surface area contributed by atoms with Gasteiger partial charge in [0.25, 0.3) is 0 Å². The fourth-order valence-corrected chi connectivity index (χ4v) is 5.21. The predicted molar refractivity (Wildman–Crippen MR) is 125 cm³/mol. The van der Waals surface area contributed by atoms with Gasteiger partial charge >= 0.3 is 5.97 Å². The second kappa shape index (κ2) is 9.63. The van der Waals surface area contributed by atoms with Gasteiger partial charge in [0.15, 0.2) is 6.61 Å². The highest BCUT2D eigenvalue weighted by Gasteiger charge is 2.20. The largest absolute Gasteiger partial charge is 0.453 e. The molecule has 1 aromatic carbocycles. The topological polar surface area (TPSA) is 90.3 Å². The fourth-order valence-electron chi connectivity index (χ4n) is 3.20. The lowest BCUT2D eigenvalue weighted by Gasteiger charge is -2.03. The number of fused-ring (bicyclic) bond motifs is 1. The molecular weight excluding hydrogens is 465 g/mol. The molecule has 0 saturated heterocycles. The van der Waals surface area contributed by atoms with E-state index in [1.54, 1.807) is 28.9 Å². The molecule has 0 unspecified atom stereocenters. The minimum absolute atomic E-state index is 0.100. The lowest BCUT2D eigenvalue weighted by atomic mass is 10.3. The standard InChI is InChI=1S/C23H20FN3O4S2/c1-13-18-11-21(33-22(18)27(26-13)16-5-3-15(24)4-6-16)23(30)31-12-19(29)20-8-7-17(32-20)9-10-25-14(2)28/h3-8,11H,9-10,12H2,1-2H3,(H,25,28). The Hall–Kier alpha value is -3.37. The number of carbonyl (C=O) groups is 3. The Morgan fingerprint density at radius 3 is 2.58 bits per heavy atom. The molecule has 0 atom stereocenters. The molecule has 3 heterocycles. The molecule has 10 heteroatoms. The third kappa shape index (κ3) is 5.18. The van der Waals surface area contributed by atoms with Gasteiger partial charge in [0.1, 0.15) is 15.5 Å². The van der Waals surface area contributed by atoms with Gasteiger partial charge in [0.05, 0.1) is 16.3 Å². The van der Waals surface area contributed by atoms with E-state index in [1.165, 1.54) is 41.7 Å². The van der Waals surface area contributed by atoms with Crippen LogP contribution in [-0.4, -0.2) is 40.6 Å². The van der Waals surface area contributed by atoms with E-state index in [0.717, 1.165) is 20.8 Å². The number of ketones is 1. The summed E-state index contributed by atoms with van der Waals surface area (Å²) >= 11 is 2.52. The Morgan fingerprint density at radius 2 is 1.85 bits per heavy atom. The molecule has 0 saturated carbocycles. The summed E-state index contributed by atoms with van der Waals surface area (Å²) in [5, 5.41) is 7.98. The Kier molecular flexibility index (Phi) is 6.66. The molecule has 0 aliphatic heterocycles. The normalized spacial score (nSPS) is 11.0. The average Bonchev–Trinajstić information content (AvgIpc) is 3.49. The summed E-state index contributed by atoms with van der Waals surface area (Å²) in [7, 11) is 0. The van der Waals surface area contributed by atoms with Gasteiger partial charge in [-0.3, -0.25) is 9.59 Å². The summed E-state index contributed by atoms with van der Waals surface area (Å²) < 4.78 is 20.2. The number of aromatic nitrogens is 2. The van der Waals surface area contributed by atoms with Crippen LogP contribution in [-0.2, 0) is 16.0 Å². The number of nitrogens with zero attached hydrogens (tertiary/aromatic N) is 2. The molecule has 0 aliphatic rings. The molecule has 33 heavy (non-hydrogen) atoms. The van der Waals surface area contributed by atoms with Gasteiger partial charge in [-0.05, 0) is 55.8 Å². The maximum Gasteiger partial charge on any atom is 0.348 e. The number of thiophene rings is 2. The number of ether oxygens (including phenoxy) is 1. The zero-order valence-corrected chi connectivity index (χ0v) is 19.5. The Morgan fingerprint density at radius 1 is 1.09 bits per heavy atom. The van der Waals surface area contributed by atoms with E-state index in [-0.39, 0.29) is 24.1 Å². The zero-order chi connectivity index (χ0) is 23.5. The summed E-state index contributed by atoms with van der Waals surface area (Å²) in [6, 6.07) is 11.2. The molecule has 170 valence electrons. The van der Waals surface area contributed by atoms with E-state index < -0.39 is 5.97 Å². The molecular formula is C23H20FN3O4S2. The van der Waals surface area contributed by atoms with Gasteiger partial charge in [-0.2, -0.15) is 5.10 Å². The first kappa shape index (κ1) is 22.8. The summed E-state index contributed by atoms with van der Waals surface area (Å²) in [6.45, 7) is 3.42. The third-order valence-corrected chi connectivity index (χ3v) is 7.11. The number of halogens is 1. The lowest BCUT2D eigenvalue weighted by Crippen LogP contribution is -2.22. The molecule has 0 aliphatic carbocycles. The van der Waals surface area contributed by atoms with Crippen molar-refractivity contribution in [1.29, 1.82) is 0 Å². The molecule has 1 amide bonds. The predicted octanol–water partition coefficient (Wildman–Crippen LogP) is 4.31. The number of nitrogens with one attached hydrogen (secondary N) is 1. The van der Waals surface area contributed by atoms with Gasteiger partial charge in [-0.15, -0.1) is 22.7 Å². The van der Waals surface area contributed by atoms with Gasteiger partial charge < -0.3 is 10.1 Å². The summed E-state index contributed by atoms with van der Waals surface area (Å²) in [4.78, 5) is 38.5. The minimum Gasteiger partial charge on any atom is -0.453 e. The van der Waals surface area contributed by atoms with E-state index >= 15 is 0 Å². The summed E-state index contributed by atoms with van der Waals surface area (Å²) in [5.74, 6) is -1.31. The number of carbonyl (C=O) groups excluding carboxylic acids is 3. The quantitative estimate of drug-likeness (QED) is 0.297. The van der Waals surface area contributed by atoms with E-state index in [1.807, 2.05) is 13.0 Å². The van der Waals surface area contributed by atoms with Crippen molar-refractivity contribution < 1.29 is 23.5 Å². The fraction of sp³-hybridized carbons (Fsp3) is 0.217. The van der Waals surface area contributed by atoms with Crippen molar-refractivity contribution in [3.63, 3.8) is 0 Å². The van der Waals surface area contributed by atoms with Gasteiger partial charge in [0, 0.05) is 23.7 Å². The second-order valence-electron chi connectivity index (χ2n) is 7.30. The first-order valence-corrected chi connectivity index (χ1v) is 11.7. The van der Waals surface area contributed by atoms with E-state index in [4.69, 9.17) is 4.74 Å². The van der Waals surface area contributed by atoms with E-state index in [0.29, 0.717) is 28.4 Å². The highest BCUT2D eigenvalue weighted by atomic mass is 32.1. The van der Waals surface area contributed by atoms with Crippen LogP contribution in [0.25, 0.3) is 15.9 Å². The number of benzene rings is 1. The highest BCUT2D eigenvalue weighted by molar-refractivity contribution is 7.20. The molecule has 0 fully saturated rings. The Balaban J connectivity index is 1.41. The van der Waals surface area contributed by atoms with Crippen molar-refractivity contribution in [2.45, 2.75) is 20.3 Å². The molecule has 7 nitrogen and oxygen atoms in total. The molecule has 0 bridgehead atoms. The zero-order valence-electron chi connectivity index (χ0n) is 17.9. The van der Waals surface area contributed by atoms with Crippen LogP contribution in [0.4, 0.5) is 4.39 Å². The number of rotatable bonds is 8. The lowest BCUT2D eigenvalue weighted by molar-refractivity contribution is -0.118. The number of Topliss-reactive ketones (excluding diaryl/α,β-unsaturated/α-hetero) is 1. The third-order valence-electron chi connectivity index (χ3n) is 4.83. The van der Waals surface area contributed by atoms with Crippen molar-refractivity contribution >= 4 is 50.5 Å². The van der Waals surface area contributed by atoms with Gasteiger partial charge in [-0.1, -0.05) is 0 Å². The van der Waals surface area contributed by atoms with E-state index in [2.05, 4.69) is 10.4 Å². The Bertz CT molecular complexity index is 1340. The molecule has 0 radical (unpaired) electrons. The van der Waals surface area contributed by atoms with Gasteiger partial charge in [0.2, 0.25) is 11.7 Å². The van der Waals surface area contributed by atoms with Crippen LogP contribution in [0.3, 0.4) is 0 Å². The smallest absolute Gasteiger partial charge is 0.348 e. The van der Waals surface area contributed by atoms with E-state index in [9.17, 15) is 18.8 Å². The van der Waals surface area contributed by atoms with Crippen LogP contribution >= 0.6 is 22.7 Å². The Labute approximate surface area is 196 Å². The number of aryl methyl sites for hydroxylation is 1.